The second kappa shape index (κ2) is 6.99. The average Bonchev–Trinajstić information content (AvgIpc) is 2.28. The van der Waals surface area contributed by atoms with Crippen LogP contribution in [0, 0.1) is 0 Å². The van der Waals surface area contributed by atoms with Crippen molar-refractivity contribution in [3.05, 3.63) is 30.1 Å². The van der Waals surface area contributed by atoms with Crippen molar-refractivity contribution >= 4 is 5.96 Å². The molecule has 0 aromatic carbocycles. The molecule has 0 bridgehead atoms. The van der Waals surface area contributed by atoms with Crippen LogP contribution in [-0.2, 0) is 6.42 Å². The van der Waals surface area contributed by atoms with E-state index in [9.17, 15) is 0 Å². The SMILES string of the molecule is CCNC(=NCCc1ccccn1)NC(C)(C)C. The predicted octanol–water partition coefficient (Wildman–Crippen LogP) is 1.98. The number of nitrogens with one attached hydrogen (secondary N) is 2. The van der Waals surface area contributed by atoms with Crippen LogP contribution in [0.25, 0.3) is 0 Å². The van der Waals surface area contributed by atoms with Crippen LogP contribution in [0.2, 0.25) is 0 Å². The predicted molar refractivity (Wildman–Crippen MR) is 76.8 cm³/mol. The molecule has 0 radical (unpaired) electrons. The van der Waals surface area contributed by atoms with E-state index >= 15 is 0 Å². The summed E-state index contributed by atoms with van der Waals surface area (Å²) >= 11 is 0. The Kier molecular flexibility index (Phi) is 5.62. The van der Waals surface area contributed by atoms with Crippen molar-refractivity contribution in [3.63, 3.8) is 0 Å². The molecule has 0 amide bonds. The van der Waals surface area contributed by atoms with Crippen LogP contribution >= 0.6 is 0 Å². The molecule has 0 unspecified atom stereocenters. The minimum Gasteiger partial charge on any atom is -0.357 e. The van der Waals surface area contributed by atoms with Crippen molar-refractivity contribution in [1.29, 1.82) is 0 Å². The highest BCUT2D eigenvalue weighted by Gasteiger charge is 2.11. The average molecular weight is 248 g/mol. The molecule has 18 heavy (non-hydrogen) atoms. The first-order valence-corrected chi connectivity index (χ1v) is 6.47. The molecule has 2 N–H and O–H groups in total. The van der Waals surface area contributed by atoms with E-state index in [2.05, 4.69) is 48.3 Å². The number of aromatic nitrogens is 1. The first-order chi connectivity index (χ1) is 8.51. The fourth-order valence-electron chi connectivity index (χ4n) is 1.49. The summed E-state index contributed by atoms with van der Waals surface area (Å²) < 4.78 is 0. The molecular weight excluding hydrogens is 224 g/mol. The number of rotatable bonds is 4. The Labute approximate surface area is 110 Å². The Hall–Kier alpha value is -1.58. The Balaban J connectivity index is 2.50. The molecule has 1 aromatic heterocycles. The summed E-state index contributed by atoms with van der Waals surface area (Å²) in [4.78, 5) is 8.83. The number of pyridine rings is 1. The molecule has 0 spiro atoms. The molecule has 0 fully saturated rings. The molecule has 4 heteroatoms. The molecule has 0 atom stereocenters. The van der Waals surface area contributed by atoms with Gasteiger partial charge in [0, 0.05) is 36.9 Å². The molecule has 100 valence electrons. The minimum absolute atomic E-state index is 0.0198. The van der Waals surface area contributed by atoms with E-state index in [1.807, 2.05) is 24.4 Å². The highest BCUT2D eigenvalue weighted by molar-refractivity contribution is 5.80. The third-order valence-corrected chi connectivity index (χ3v) is 2.20. The Morgan fingerprint density at radius 1 is 1.33 bits per heavy atom. The zero-order valence-corrected chi connectivity index (χ0v) is 11.8. The number of hydrogen-bond acceptors (Lipinski definition) is 2. The summed E-state index contributed by atoms with van der Waals surface area (Å²) in [5, 5.41) is 6.61. The molecule has 0 aliphatic carbocycles. The van der Waals surface area contributed by atoms with Gasteiger partial charge in [0.05, 0.1) is 0 Å². The maximum atomic E-state index is 4.55. The van der Waals surface area contributed by atoms with Gasteiger partial charge < -0.3 is 10.6 Å². The standard InChI is InChI=1S/C14H24N4/c1-5-15-13(18-14(2,3)4)17-11-9-12-8-6-7-10-16-12/h6-8,10H,5,9,11H2,1-4H3,(H2,15,17,18). The number of aliphatic imine (C=N–C) groups is 1. The molecule has 1 rings (SSSR count). The third kappa shape index (κ3) is 6.23. The maximum absolute atomic E-state index is 4.55. The zero-order valence-electron chi connectivity index (χ0n) is 11.8. The molecule has 0 saturated carbocycles. The second-order valence-corrected chi connectivity index (χ2v) is 5.21. The zero-order chi connectivity index (χ0) is 13.4. The summed E-state index contributed by atoms with van der Waals surface area (Å²) in [6, 6.07) is 5.96. The Bertz CT molecular complexity index is 365. The molecule has 0 aliphatic heterocycles. The summed E-state index contributed by atoms with van der Waals surface area (Å²) in [7, 11) is 0. The lowest BCUT2D eigenvalue weighted by molar-refractivity contribution is 0.501. The summed E-state index contributed by atoms with van der Waals surface area (Å²) in [6.45, 7) is 10.0. The molecule has 4 nitrogen and oxygen atoms in total. The van der Waals surface area contributed by atoms with Gasteiger partial charge in [-0.25, -0.2) is 0 Å². The second-order valence-electron chi connectivity index (χ2n) is 5.21. The van der Waals surface area contributed by atoms with E-state index in [1.165, 1.54) is 0 Å². The third-order valence-electron chi connectivity index (χ3n) is 2.20. The van der Waals surface area contributed by atoms with Gasteiger partial charge in [-0.2, -0.15) is 0 Å². The van der Waals surface area contributed by atoms with Crippen molar-refractivity contribution in [1.82, 2.24) is 15.6 Å². The quantitative estimate of drug-likeness (QED) is 0.633. The lowest BCUT2D eigenvalue weighted by atomic mass is 10.1. The van der Waals surface area contributed by atoms with Crippen LogP contribution in [0.5, 0.6) is 0 Å². The fraction of sp³-hybridized carbons (Fsp3) is 0.571. The molecule has 0 aliphatic rings. The number of nitrogens with zero attached hydrogens (tertiary/aromatic N) is 2. The van der Waals surface area contributed by atoms with Crippen LogP contribution in [-0.4, -0.2) is 29.6 Å². The van der Waals surface area contributed by atoms with Crippen LogP contribution < -0.4 is 10.6 Å². The normalized spacial score (nSPS) is 12.3. The molecule has 1 heterocycles. The highest BCUT2D eigenvalue weighted by atomic mass is 15.2. The Morgan fingerprint density at radius 2 is 2.11 bits per heavy atom. The summed E-state index contributed by atoms with van der Waals surface area (Å²) in [5.74, 6) is 0.862. The van der Waals surface area contributed by atoms with Gasteiger partial charge >= 0.3 is 0 Å². The lowest BCUT2D eigenvalue weighted by Crippen LogP contribution is -2.47. The van der Waals surface area contributed by atoms with Crippen molar-refractivity contribution in [3.8, 4) is 0 Å². The first kappa shape index (κ1) is 14.5. The smallest absolute Gasteiger partial charge is 0.191 e. The monoisotopic (exact) mass is 248 g/mol. The molecular formula is C14H24N4. The van der Waals surface area contributed by atoms with Crippen molar-refractivity contribution in [2.45, 2.75) is 39.7 Å². The number of hydrogen-bond donors (Lipinski definition) is 2. The molecule has 1 aromatic rings. The van der Waals surface area contributed by atoms with E-state index in [0.29, 0.717) is 0 Å². The van der Waals surface area contributed by atoms with Gasteiger partial charge in [0.2, 0.25) is 0 Å². The van der Waals surface area contributed by atoms with Crippen LogP contribution in [0.15, 0.2) is 29.4 Å². The first-order valence-electron chi connectivity index (χ1n) is 6.47. The van der Waals surface area contributed by atoms with Crippen LogP contribution in [0.3, 0.4) is 0 Å². The van der Waals surface area contributed by atoms with Gasteiger partial charge in [-0.1, -0.05) is 6.07 Å². The van der Waals surface area contributed by atoms with E-state index in [-0.39, 0.29) is 5.54 Å². The van der Waals surface area contributed by atoms with Gasteiger partial charge in [0.1, 0.15) is 0 Å². The minimum atomic E-state index is 0.0198. The van der Waals surface area contributed by atoms with Crippen molar-refractivity contribution < 1.29 is 0 Å². The van der Waals surface area contributed by atoms with E-state index in [0.717, 1.165) is 31.2 Å². The van der Waals surface area contributed by atoms with E-state index in [1.54, 1.807) is 0 Å². The maximum Gasteiger partial charge on any atom is 0.191 e. The van der Waals surface area contributed by atoms with Gasteiger partial charge in [-0.3, -0.25) is 9.98 Å². The largest absolute Gasteiger partial charge is 0.357 e. The van der Waals surface area contributed by atoms with E-state index in [4.69, 9.17) is 0 Å². The van der Waals surface area contributed by atoms with Gasteiger partial charge in [0.25, 0.3) is 0 Å². The van der Waals surface area contributed by atoms with E-state index < -0.39 is 0 Å². The van der Waals surface area contributed by atoms with Gasteiger partial charge in [-0.15, -0.1) is 0 Å². The van der Waals surface area contributed by atoms with Gasteiger partial charge in [-0.05, 0) is 39.8 Å². The number of guanidine groups is 1. The lowest BCUT2D eigenvalue weighted by Gasteiger charge is -2.23. The summed E-state index contributed by atoms with van der Waals surface area (Å²) in [6.07, 6.45) is 2.68. The van der Waals surface area contributed by atoms with Crippen molar-refractivity contribution in [2.75, 3.05) is 13.1 Å². The topological polar surface area (TPSA) is 49.3 Å². The van der Waals surface area contributed by atoms with Crippen molar-refractivity contribution in [2.24, 2.45) is 4.99 Å². The van der Waals surface area contributed by atoms with Gasteiger partial charge in [0.15, 0.2) is 5.96 Å². The van der Waals surface area contributed by atoms with Crippen LogP contribution in [0.4, 0.5) is 0 Å². The highest BCUT2D eigenvalue weighted by Crippen LogP contribution is 1.99. The Morgan fingerprint density at radius 3 is 2.67 bits per heavy atom. The molecule has 0 saturated heterocycles. The fourth-order valence-corrected chi connectivity index (χ4v) is 1.49. The summed E-state index contributed by atoms with van der Waals surface area (Å²) in [5.41, 5.74) is 1.10. The van der Waals surface area contributed by atoms with Crippen LogP contribution in [0.1, 0.15) is 33.4 Å².